The number of carbonyl (C=O) groups excluding carboxylic acids is 1. The van der Waals surface area contributed by atoms with Gasteiger partial charge in [0.2, 0.25) is 0 Å². The van der Waals surface area contributed by atoms with E-state index in [0.717, 1.165) is 32.1 Å². The molecule has 0 spiro atoms. The van der Waals surface area contributed by atoms with E-state index in [1.807, 2.05) is 44.4 Å². The number of aromatic amines is 1. The van der Waals surface area contributed by atoms with Gasteiger partial charge in [0.1, 0.15) is 28.8 Å². The molecule has 4 N–H and O–H groups in total. The fourth-order valence-electron chi connectivity index (χ4n) is 7.48. The van der Waals surface area contributed by atoms with Gasteiger partial charge in [0, 0.05) is 38.7 Å². The Labute approximate surface area is 348 Å². The fraction of sp³-hybridized carbons (Fsp3) is 0.182. The number of carboxylic acid groups (broad SMARTS) is 1. The number of aromatic nitrogens is 4. The molecule has 8 rings (SSSR count). The van der Waals surface area contributed by atoms with Crippen LogP contribution in [0.4, 0.5) is 10.1 Å². The molecule has 0 saturated carbocycles. The number of amides is 1. The summed E-state index contributed by atoms with van der Waals surface area (Å²) in [7, 11) is -4.01. The van der Waals surface area contributed by atoms with Gasteiger partial charge < -0.3 is 15.4 Å². The summed E-state index contributed by atoms with van der Waals surface area (Å²) in [4.78, 5) is 34.2. The Kier molecular flexibility index (Phi) is 10.2. The first-order valence-electron chi connectivity index (χ1n) is 18.8. The summed E-state index contributed by atoms with van der Waals surface area (Å²) in [5, 5.41) is 32.1. The Morgan fingerprint density at radius 3 is 2.40 bits per heavy atom. The van der Waals surface area contributed by atoms with Crippen LogP contribution in [0.25, 0.3) is 27.0 Å². The Morgan fingerprint density at radius 2 is 1.72 bits per heavy atom. The van der Waals surface area contributed by atoms with Crippen LogP contribution in [0.5, 0.6) is 0 Å². The van der Waals surface area contributed by atoms with E-state index in [1.165, 1.54) is 36.5 Å². The van der Waals surface area contributed by atoms with E-state index < -0.39 is 39.8 Å². The molecule has 7 aromatic rings. The average molecular weight is 841 g/mol. The Balaban J connectivity index is 0.977. The van der Waals surface area contributed by atoms with E-state index in [2.05, 4.69) is 31.3 Å². The Bertz CT molecular complexity index is 3070. The number of nitrogens with zero attached hydrogens (tertiary/aromatic N) is 5. The molecular weight excluding hydrogens is 804 g/mol. The third-order valence-electron chi connectivity index (χ3n) is 10.8. The highest BCUT2D eigenvalue weighted by Gasteiger charge is 2.32. The van der Waals surface area contributed by atoms with Gasteiger partial charge >= 0.3 is 5.97 Å². The Morgan fingerprint density at radius 1 is 1.00 bits per heavy atom. The second-order valence-electron chi connectivity index (χ2n) is 14.6. The zero-order chi connectivity index (χ0) is 42.6. The van der Waals surface area contributed by atoms with Crippen LogP contribution in [0.3, 0.4) is 0 Å². The molecule has 4 heterocycles. The van der Waals surface area contributed by atoms with Crippen molar-refractivity contribution >= 4 is 55.5 Å². The van der Waals surface area contributed by atoms with Crippen LogP contribution in [-0.2, 0) is 14.8 Å². The molecule has 0 bridgehead atoms. The number of nitrogens with one attached hydrogen (secondary N) is 3. The summed E-state index contributed by atoms with van der Waals surface area (Å²) in [6.45, 7) is 9.42. The minimum atomic E-state index is -4.01. The van der Waals surface area contributed by atoms with Crippen molar-refractivity contribution in [2.45, 2.75) is 58.0 Å². The number of benzene rings is 4. The van der Waals surface area contributed by atoms with E-state index in [9.17, 15) is 28.4 Å². The molecule has 302 valence electrons. The first-order valence-corrected chi connectivity index (χ1v) is 21.1. The monoisotopic (exact) mass is 840 g/mol. The topological polar surface area (TPSA) is 195 Å². The van der Waals surface area contributed by atoms with Crippen molar-refractivity contribution in [2.75, 3.05) is 4.72 Å². The minimum Gasteiger partial charge on any atom is -0.481 e. The quantitative estimate of drug-likeness (QED) is 0.105. The molecule has 0 aliphatic carbocycles. The lowest BCUT2D eigenvalue weighted by atomic mass is 9.96. The van der Waals surface area contributed by atoms with Gasteiger partial charge in [-0.15, -0.1) is 21.5 Å². The van der Waals surface area contributed by atoms with Gasteiger partial charge in [-0.1, -0.05) is 48.5 Å². The molecule has 1 amide bonds. The van der Waals surface area contributed by atoms with Gasteiger partial charge in [-0.2, -0.15) is 5.26 Å². The van der Waals surface area contributed by atoms with E-state index >= 15 is 4.39 Å². The lowest BCUT2D eigenvalue weighted by molar-refractivity contribution is -0.137. The van der Waals surface area contributed by atoms with Gasteiger partial charge in [0.15, 0.2) is 5.82 Å². The first kappa shape index (κ1) is 39.8. The maximum absolute atomic E-state index is 15.7. The number of hydrogen-bond donors (Lipinski definition) is 4. The number of thiophene rings is 1. The minimum absolute atomic E-state index is 0.00242. The van der Waals surface area contributed by atoms with Crippen molar-refractivity contribution in [1.82, 2.24) is 25.1 Å². The SMILES string of the molecule is Cc1sc2c(c1C)C(c1ccc(-c3ccc(C(=O)N[C@H](C)c4ccc(S(=O)(=O)Nc5ccc(C)c6c(C#N)c[nH]c56)cc4)cc3F)cc1)=N[C@@H](CC(=O)O)c1nnc(C)n1-2. The maximum Gasteiger partial charge on any atom is 0.306 e. The zero-order valence-electron chi connectivity index (χ0n) is 33.0. The van der Waals surface area contributed by atoms with Crippen LogP contribution < -0.4 is 10.0 Å². The number of hydrogen-bond acceptors (Lipinski definition) is 9. The van der Waals surface area contributed by atoms with Crippen molar-refractivity contribution in [3.8, 4) is 22.2 Å². The zero-order valence-corrected chi connectivity index (χ0v) is 34.6. The lowest BCUT2D eigenvalue weighted by Gasteiger charge is -2.16. The fourth-order valence-corrected chi connectivity index (χ4v) is 9.77. The lowest BCUT2D eigenvalue weighted by Crippen LogP contribution is -2.26. The number of nitriles is 1. The summed E-state index contributed by atoms with van der Waals surface area (Å²) < 4.78 is 46.9. The molecule has 0 saturated heterocycles. The predicted octanol–water partition coefficient (Wildman–Crippen LogP) is 8.38. The van der Waals surface area contributed by atoms with Crippen LogP contribution in [0.1, 0.15) is 85.7 Å². The van der Waals surface area contributed by atoms with Crippen molar-refractivity contribution < 1.29 is 27.5 Å². The third kappa shape index (κ3) is 7.11. The van der Waals surface area contributed by atoms with Crippen molar-refractivity contribution in [1.29, 1.82) is 5.26 Å². The second-order valence-corrected chi connectivity index (χ2v) is 17.5. The number of fused-ring (bicyclic) bond motifs is 4. The van der Waals surface area contributed by atoms with Crippen LogP contribution in [0, 0.1) is 44.8 Å². The van der Waals surface area contributed by atoms with E-state index in [4.69, 9.17) is 4.99 Å². The van der Waals surface area contributed by atoms with Gasteiger partial charge in [0.05, 0.1) is 39.8 Å². The molecule has 1 aliphatic rings. The van der Waals surface area contributed by atoms with E-state index in [0.29, 0.717) is 50.6 Å². The number of H-pyrrole nitrogens is 1. The van der Waals surface area contributed by atoms with E-state index in [1.54, 1.807) is 54.7 Å². The molecule has 4 aromatic carbocycles. The van der Waals surface area contributed by atoms with Crippen molar-refractivity contribution in [3.05, 3.63) is 146 Å². The number of halogens is 1. The van der Waals surface area contributed by atoms with Gasteiger partial charge in [-0.05, 0) is 87.2 Å². The molecule has 13 nitrogen and oxygen atoms in total. The van der Waals surface area contributed by atoms with Gasteiger partial charge in [0.25, 0.3) is 15.9 Å². The number of carbonyl (C=O) groups is 2. The summed E-state index contributed by atoms with van der Waals surface area (Å²) in [5.41, 5.74) is 6.84. The molecule has 0 unspecified atom stereocenters. The van der Waals surface area contributed by atoms with Crippen LogP contribution >= 0.6 is 11.3 Å². The summed E-state index contributed by atoms with van der Waals surface area (Å²) in [6.07, 6.45) is 1.26. The van der Waals surface area contributed by atoms with Gasteiger partial charge in [-0.25, -0.2) is 12.8 Å². The molecule has 3 aromatic heterocycles. The van der Waals surface area contributed by atoms with Crippen LogP contribution in [0.15, 0.2) is 94.9 Å². The van der Waals surface area contributed by atoms with Gasteiger partial charge in [-0.3, -0.25) is 23.9 Å². The number of sulfonamides is 1. The summed E-state index contributed by atoms with van der Waals surface area (Å²) in [6, 6.07) is 21.7. The highest BCUT2D eigenvalue weighted by Crippen LogP contribution is 2.40. The second kappa shape index (κ2) is 15.3. The first-order chi connectivity index (χ1) is 28.6. The molecule has 1 aliphatic heterocycles. The number of anilines is 1. The molecule has 16 heteroatoms. The van der Waals surface area contributed by atoms with Crippen molar-refractivity contribution in [3.63, 3.8) is 0 Å². The standard InChI is InChI=1S/C44H37FN8O5S2/c1-22-6-17-35(41-38(22)31(20-46)21-47-41)52-60(57,58)32-14-11-27(12-15-32)24(3)48-43(56)30-13-16-33(34(45)18-30)28-7-9-29(10-8-28)40-39-23(2)25(4)59-44(39)53-26(5)50-51-42(53)36(49-40)19-37(54)55/h6-18,21,24,36,47,52H,19H2,1-5H3,(H,48,56)(H,54,55)/t24-,36+/m1/s1. The number of aliphatic carboxylic acids is 1. The summed E-state index contributed by atoms with van der Waals surface area (Å²) in [5.74, 6) is -1.05. The smallest absolute Gasteiger partial charge is 0.306 e. The van der Waals surface area contributed by atoms with Crippen molar-refractivity contribution in [2.24, 2.45) is 4.99 Å². The number of carboxylic acids is 1. The van der Waals surface area contributed by atoms with Crippen LogP contribution in [-0.4, -0.2) is 50.9 Å². The number of rotatable bonds is 10. The molecule has 0 fully saturated rings. The van der Waals surface area contributed by atoms with E-state index in [-0.39, 0.29) is 22.4 Å². The maximum atomic E-state index is 15.7. The number of aryl methyl sites for hydroxylation is 3. The molecular formula is C44H37FN8O5S2. The van der Waals surface area contributed by atoms with Crippen LogP contribution in [0.2, 0.25) is 0 Å². The molecule has 0 radical (unpaired) electrons. The predicted molar refractivity (Wildman–Crippen MR) is 227 cm³/mol. The Hall–Kier alpha value is -6.96. The third-order valence-corrected chi connectivity index (χ3v) is 13.3. The highest BCUT2D eigenvalue weighted by atomic mass is 32.2. The number of aliphatic imine (C=N–C) groups is 1. The normalized spacial score (nSPS) is 14.1. The molecule has 2 atom stereocenters. The summed E-state index contributed by atoms with van der Waals surface area (Å²) >= 11 is 1.56. The largest absolute Gasteiger partial charge is 0.481 e. The molecule has 60 heavy (non-hydrogen) atoms. The average Bonchev–Trinajstić information content (AvgIpc) is 3.90. The highest BCUT2D eigenvalue weighted by molar-refractivity contribution is 7.92.